The standard InChI is InChI=1S/C15H19NO2S/c1-2-3-9-16(13-6-7-13)15(18)14-12(5-4-10-17)8-11-19-14/h8,11,13,17H,2-3,6-7,9-10H2,1H3. The van der Waals surface area contributed by atoms with E-state index in [2.05, 4.69) is 18.8 Å². The van der Waals surface area contributed by atoms with Gasteiger partial charge in [0.2, 0.25) is 0 Å². The van der Waals surface area contributed by atoms with Gasteiger partial charge in [0, 0.05) is 18.2 Å². The number of unbranched alkanes of at least 4 members (excludes halogenated alkanes) is 1. The summed E-state index contributed by atoms with van der Waals surface area (Å²) in [5.41, 5.74) is 0.742. The molecule has 2 rings (SSSR count). The molecule has 19 heavy (non-hydrogen) atoms. The highest BCUT2D eigenvalue weighted by Gasteiger charge is 2.33. The number of carbonyl (C=O) groups is 1. The Hall–Kier alpha value is -1.31. The van der Waals surface area contributed by atoms with Crippen molar-refractivity contribution in [1.29, 1.82) is 0 Å². The molecule has 1 aromatic heterocycles. The molecule has 1 heterocycles. The Kier molecular flexibility index (Phi) is 5.00. The molecule has 1 saturated carbocycles. The number of amides is 1. The number of aliphatic hydroxyl groups excluding tert-OH is 1. The van der Waals surface area contributed by atoms with E-state index in [4.69, 9.17) is 5.11 Å². The lowest BCUT2D eigenvalue weighted by Gasteiger charge is -2.21. The van der Waals surface area contributed by atoms with Gasteiger partial charge in [0.25, 0.3) is 5.91 Å². The smallest absolute Gasteiger partial charge is 0.265 e. The summed E-state index contributed by atoms with van der Waals surface area (Å²) < 4.78 is 0. The molecule has 3 nitrogen and oxygen atoms in total. The first-order valence-electron chi connectivity index (χ1n) is 6.76. The summed E-state index contributed by atoms with van der Waals surface area (Å²) in [5.74, 6) is 5.58. The largest absolute Gasteiger partial charge is 0.384 e. The number of aliphatic hydroxyl groups is 1. The first-order valence-corrected chi connectivity index (χ1v) is 7.64. The minimum atomic E-state index is -0.175. The van der Waals surface area contributed by atoms with Gasteiger partial charge in [0.05, 0.1) is 0 Å². The van der Waals surface area contributed by atoms with Crippen molar-refractivity contribution in [3.05, 3.63) is 21.9 Å². The third-order valence-electron chi connectivity index (χ3n) is 3.16. The van der Waals surface area contributed by atoms with Crippen LogP contribution >= 0.6 is 11.3 Å². The van der Waals surface area contributed by atoms with Gasteiger partial charge in [-0.3, -0.25) is 4.79 Å². The fourth-order valence-corrected chi connectivity index (χ4v) is 2.81. The third kappa shape index (κ3) is 3.59. The number of hydrogen-bond acceptors (Lipinski definition) is 3. The average molecular weight is 277 g/mol. The molecule has 1 aliphatic carbocycles. The number of nitrogens with zero attached hydrogens (tertiary/aromatic N) is 1. The molecule has 1 N–H and O–H groups in total. The molecule has 1 fully saturated rings. The van der Waals surface area contributed by atoms with E-state index < -0.39 is 0 Å². The van der Waals surface area contributed by atoms with Crippen LogP contribution in [0.15, 0.2) is 11.4 Å². The number of carbonyl (C=O) groups excluding carboxylic acids is 1. The summed E-state index contributed by atoms with van der Waals surface area (Å²) in [6, 6.07) is 2.28. The maximum Gasteiger partial charge on any atom is 0.265 e. The zero-order chi connectivity index (χ0) is 13.7. The average Bonchev–Trinajstić information content (AvgIpc) is 3.14. The van der Waals surface area contributed by atoms with Crippen LogP contribution in [0.5, 0.6) is 0 Å². The van der Waals surface area contributed by atoms with Crippen molar-refractivity contribution in [2.24, 2.45) is 0 Å². The summed E-state index contributed by atoms with van der Waals surface area (Å²) in [4.78, 5) is 15.3. The van der Waals surface area contributed by atoms with Gasteiger partial charge in [0.1, 0.15) is 11.5 Å². The van der Waals surface area contributed by atoms with Gasteiger partial charge in [-0.1, -0.05) is 25.2 Å². The molecule has 1 amide bonds. The van der Waals surface area contributed by atoms with Gasteiger partial charge < -0.3 is 10.0 Å². The molecule has 0 spiro atoms. The molecule has 0 aliphatic heterocycles. The molecule has 0 atom stereocenters. The van der Waals surface area contributed by atoms with E-state index in [9.17, 15) is 4.79 Å². The SMILES string of the molecule is CCCCN(C(=O)c1sccc1C#CCO)C1CC1. The highest BCUT2D eigenvalue weighted by atomic mass is 32.1. The molecule has 0 saturated heterocycles. The highest BCUT2D eigenvalue weighted by Crippen LogP contribution is 2.30. The van der Waals surface area contributed by atoms with Crippen molar-refractivity contribution in [3.63, 3.8) is 0 Å². The molecule has 0 unspecified atom stereocenters. The predicted molar refractivity (Wildman–Crippen MR) is 77.2 cm³/mol. The van der Waals surface area contributed by atoms with Gasteiger partial charge >= 0.3 is 0 Å². The molecule has 1 aliphatic rings. The molecule has 102 valence electrons. The minimum absolute atomic E-state index is 0.105. The number of thiophene rings is 1. The minimum Gasteiger partial charge on any atom is -0.384 e. The van der Waals surface area contributed by atoms with Gasteiger partial charge in [-0.25, -0.2) is 0 Å². The second kappa shape index (κ2) is 6.74. The van der Waals surface area contributed by atoms with Crippen molar-refractivity contribution < 1.29 is 9.90 Å². The van der Waals surface area contributed by atoms with Crippen LogP contribution in [0.4, 0.5) is 0 Å². The van der Waals surface area contributed by atoms with Crippen molar-refractivity contribution in [1.82, 2.24) is 4.90 Å². The van der Waals surface area contributed by atoms with Crippen LogP contribution < -0.4 is 0 Å². The summed E-state index contributed by atoms with van der Waals surface area (Å²) in [7, 11) is 0. The Morgan fingerprint density at radius 2 is 2.37 bits per heavy atom. The molecular weight excluding hydrogens is 258 g/mol. The zero-order valence-corrected chi connectivity index (χ0v) is 12.0. The van der Waals surface area contributed by atoms with E-state index in [-0.39, 0.29) is 12.5 Å². The Bertz CT molecular complexity index is 494. The van der Waals surface area contributed by atoms with Crippen LogP contribution in [0.1, 0.15) is 47.8 Å². The molecular formula is C15H19NO2S. The topological polar surface area (TPSA) is 40.5 Å². The fourth-order valence-electron chi connectivity index (χ4n) is 2.00. The number of hydrogen-bond donors (Lipinski definition) is 1. The monoisotopic (exact) mass is 277 g/mol. The maximum atomic E-state index is 12.6. The van der Waals surface area contributed by atoms with Gasteiger partial charge in [-0.05, 0) is 30.7 Å². The van der Waals surface area contributed by atoms with Crippen molar-refractivity contribution >= 4 is 17.2 Å². The highest BCUT2D eigenvalue weighted by molar-refractivity contribution is 7.12. The van der Waals surface area contributed by atoms with E-state index in [1.807, 2.05) is 16.3 Å². The lowest BCUT2D eigenvalue weighted by Crippen LogP contribution is -2.33. The maximum absolute atomic E-state index is 12.6. The predicted octanol–water partition coefficient (Wildman–Crippen LogP) is 2.50. The molecule has 0 aromatic carbocycles. The third-order valence-corrected chi connectivity index (χ3v) is 4.07. The Morgan fingerprint density at radius 1 is 1.58 bits per heavy atom. The van der Waals surface area contributed by atoms with E-state index >= 15 is 0 Å². The van der Waals surface area contributed by atoms with Crippen LogP contribution in [0.3, 0.4) is 0 Å². The Labute approximate surface area is 118 Å². The van der Waals surface area contributed by atoms with E-state index in [1.54, 1.807) is 0 Å². The second-order valence-electron chi connectivity index (χ2n) is 4.71. The van der Waals surface area contributed by atoms with Crippen LogP contribution in [-0.2, 0) is 0 Å². The van der Waals surface area contributed by atoms with E-state index in [0.29, 0.717) is 10.9 Å². The molecule has 4 heteroatoms. The molecule has 0 bridgehead atoms. The van der Waals surface area contributed by atoms with Crippen LogP contribution in [0.2, 0.25) is 0 Å². The van der Waals surface area contributed by atoms with Crippen LogP contribution in [0, 0.1) is 11.8 Å². The van der Waals surface area contributed by atoms with Gasteiger partial charge in [0.15, 0.2) is 0 Å². The number of rotatable bonds is 5. The van der Waals surface area contributed by atoms with Crippen molar-refractivity contribution in [3.8, 4) is 11.8 Å². The second-order valence-corrected chi connectivity index (χ2v) is 5.62. The lowest BCUT2D eigenvalue weighted by atomic mass is 10.2. The Morgan fingerprint density at radius 3 is 3.00 bits per heavy atom. The fraction of sp³-hybridized carbons (Fsp3) is 0.533. The van der Waals surface area contributed by atoms with E-state index in [0.717, 1.165) is 37.8 Å². The first kappa shape index (κ1) is 14.1. The molecule has 1 aromatic rings. The quantitative estimate of drug-likeness (QED) is 0.840. The lowest BCUT2D eigenvalue weighted by molar-refractivity contribution is 0.0745. The zero-order valence-electron chi connectivity index (χ0n) is 11.2. The Balaban J connectivity index is 2.14. The van der Waals surface area contributed by atoms with Crippen molar-refractivity contribution in [2.45, 2.75) is 38.6 Å². The summed E-state index contributed by atoms with van der Waals surface area (Å²) in [6.07, 6.45) is 4.39. The van der Waals surface area contributed by atoms with Crippen LogP contribution in [0.25, 0.3) is 0 Å². The normalized spacial score (nSPS) is 13.8. The summed E-state index contributed by atoms with van der Waals surface area (Å²) in [6.45, 7) is 2.80. The first-order chi connectivity index (χ1) is 9.27. The van der Waals surface area contributed by atoms with Gasteiger partial charge in [-0.2, -0.15) is 0 Å². The summed E-state index contributed by atoms with van der Waals surface area (Å²) >= 11 is 1.44. The molecule has 0 radical (unpaired) electrons. The van der Waals surface area contributed by atoms with Crippen molar-refractivity contribution in [2.75, 3.05) is 13.2 Å². The van der Waals surface area contributed by atoms with Gasteiger partial charge in [-0.15, -0.1) is 11.3 Å². The van der Waals surface area contributed by atoms with E-state index in [1.165, 1.54) is 11.3 Å². The van der Waals surface area contributed by atoms with Crippen LogP contribution in [-0.4, -0.2) is 35.1 Å². The summed E-state index contributed by atoms with van der Waals surface area (Å²) in [5, 5.41) is 10.6.